The molecule has 1 aromatic heterocycles. The molecule has 2 atom stereocenters. The summed E-state index contributed by atoms with van der Waals surface area (Å²) in [5.74, 6) is -2.83. The van der Waals surface area contributed by atoms with Crippen molar-refractivity contribution in [3.8, 4) is 0 Å². The summed E-state index contributed by atoms with van der Waals surface area (Å²) in [4.78, 5) is 12.6. The van der Waals surface area contributed by atoms with E-state index in [0.29, 0.717) is 16.3 Å². The molecular formula is C20H14BrF5N4O. The van der Waals surface area contributed by atoms with E-state index in [9.17, 15) is 26.7 Å². The van der Waals surface area contributed by atoms with Crippen molar-refractivity contribution in [2.45, 2.75) is 24.7 Å². The topological polar surface area (TPSA) is 59.0 Å². The van der Waals surface area contributed by atoms with Crippen molar-refractivity contribution in [2.24, 2.45) is 0 Å². The van der Waals surface area contributed by atoms with E-state index in [1.807, 2.05) is 0 Å². The van der Waals surface area contributed by atoms with Crippen LogP contribution in [0.1, 0.15) is 34.6 Å². The summed E-state index contributed by atoms with van der Waals surface area (Å²) in [6.45, 7) is 0. The molecule has 3 aromatic rings. The molecule has 2 aromatic carbocycles. The highest BCUT2D eigenvalue weighted by Gasteiger charge is 2.46. The second kappa shape index (κ2) is 7.95. The first-order valence-corrected chi connectivity index (χ1v) is 9.86. The average molecular weight is 501 g/mol. The minimum atomic E-state index is -4.60. The molecule has 0 fully saturated rings. The fourth-order valence-corrected chi connectivity index (χ4v) is 3.93. The highest BCUT2D eigenvalue weighted by molar-refractivity contribution is 9.10. The Labute approximate surface area is 181 Å². The first kappa shape index (κ1) is 21.3. The Morgan fingerprint density at radius 1 is 1.16 bits per heavy atom. The molecule has 1 aliphatic rings. The molecule has 1 aliphatic heterocycles. The fourth-order valence-electron chi connectivity index (χ4n) is 3.43. The van der Waals surface area contributed by atoms with Crippen LogP contribution in [-0.2, 0) is 0 Å². The predicted molar refractivity (Wildman–Crippen MR) is 107 cm³/mol. The van der Waals surface area contributed by atoms with E-state index in [-0.39, 0.29) is 28.1 Å². The lowest BCUT2D eigenvalue weighted by Crippen LogP contribution is -2.35. The van der Waals surface area contributed by atoms with Gasteiger partial charge in [0.15, 0.2) is 17.6 Å². The third kappa shape index (κ3) is 4.27. The summed E-state index contributed by atoms with van der Waals surface area (Å²) in [6, 6.07) is 8.71. The standard InChI is InChI=1S/C20H14BrF5N4O/c21-12-6-11(22)7-13(23)18(12)28-19(31)15-9-17-27-14(10-4-2-1-3-5-10)8-16(20(24,25)26)30(17)29-15/h1-7,9,14,16,27H,8H2,(H,28,31)/t14-,16-/m1/s1. The van der Waals surface area contributed by atoms with Gasteiger partial charge in [-0.3, -0.25) is 4.79 Å². The minimum absolute atomic E-state index is 0.00576. The van der Waals surface area contributed by atoms with Crippen molar-refractivity contribution in [1.29, 1.82) is 0 Å². The van der Waals surface area contributed by atoms with Crippen molar-refractivity contribution in [2.75, 3.05) is 10.6 Å². The molecule has 0 radical (unpaired) electrons. The Hall–Kier alpha value is -2.95. The number of carbonyl (C=O) groups excluding carboxylic acids is 1. The fraction of sp³-hybridized carbons (Fsp3) is 0.200. The number of hydrogen-bond donors (Lipinski definition) is 2. The number of fused-ring (bicyclic) bond motifs is 1. The summed E-state index contributed by atoms with van der Waals surface area (Å²) < 4.78 is 69.1. The number of hydrogen-bond acceptors (Lipinski definition) is 3. The summed E-state index contributed by atoms with van der Waals surface area (Å²) in [5.41, 5.74) is -0.0338. The summed E-state index contributed by atoms with van der Waals surface area (Å²) in [7, 11) is 0. The molecule has 0 spiro atoms. The van der Waals surface area contributed by atoms with E-state index in [1.54, 1.807) is 30.3 Å². The normalized spacial score (nSPS) is 18.3. The number of rotatable bonds is 3. The number of nitrogens with one attached hydrogen (secondary N) is 2. The lowest BCUT2D eigenvalue weighted by atomic mass is 9.97. The maximum atomic E-state index is 14.0. The molecule has 1 amide bonds. The molecule has 0 saturated heterocycles. The number of aromatic nitrogens is 2. The van der Waals surface area contributed by atoms with E-state index in [0.717, 1.165) is 6.07 Å². The van der Waals surface area contributed by atoms with Crippen molar-refractivity contribution in [3.63, 3.8) is 0 Å². The Morgan fingerprint density at radius 2 is 1.87 bits per heavy atom. The van der Waals surface area contributed by atoms with Crippen LogP contribution in [-0.4, -0.2) is 21.9 Å². The van der Waals surface area contributed by atoms with Crippen LogP contribution >= 0.6 is 15.9 Å². The lowest BCUT2D eigenvalue weighted by Gasteiger charge is -2.33. The molecule has 5 nitrogen and oxygen atoms in total. The van der Waals surface area contributed by atoms with Crippen molar-refractivity contribution in [1.82, 2.24) is 9.78 Å². The highest BCUT2D eigenvalue weighted by atomic mass is 79.9. The Balaban J connectivity index is 1.66. The van der Waals surface area contributed by atoms with Gasteiger partial charge in [0.25, 0.3) is 5.91 Å². The van der Waals surface area contributed by atoms with Gasteiger partial charge in [-0.15, -0.1) is 0 Å². The Morgan fingerprint density at radius 3 is 2.52 bits per heavy atom. The monoisotopic (exact) mass is 500 g/mol. The van der Waals surface area contributed by atoms with Crippen LogP contribution in [0.2, 0.25) is 0 Å². The molecule has 2 N–H and O–H groups in total. The van der Waals surface area contributed by atoms with Gasteiger partial charge in [-0.05, 0) is 27.6 Å². The summed E-state index contributed by atoms with van der Waals surface area (Å²) >= 11 is 2.94. The molecule has 162 valence electrons. The van der Waals surface area contributed by atoms with Gasteiger partial charge in [-0.2, -0.15) is 18.3 Å². The SMILES string of the molecule is O=C(Nc1c(F)cc(F)cc1Br)c1cc2n(n1)[C@@H](C(F)(F)F)C[C@H](c1ccccc1)N2. The van der Waals surface area contributed by atoms with E-state index in [2.05, 4.69) is 31.7 Å². The van der Waals surface area contributed by atoms with Crippen LogP contribution < -0.4 is 10.6 Å². The summed E-state index contributed by atoms with van der Waals surface area (Å²) in [6.07, 6.45) is -4.92. The van der Waals surface area contributed by atoms with Gasteiger partial charge in [-0.1, -0.05) is 30.3 Å². The van der Waals surface area contributed by atoms with E-state index in [1.165, 1.54) is 6.07 Å². The van der Waals surface area contributed by atoms with E-state index < -0.39 is 35.8 Å². The molecule has 0 bridgehead atoms. The number of amides is 1. The van der Waals surface area contributed by atoms with Crippen molar-refractivity contribution < 1.29 is 26.7 Å². The zero-order chi connectivity index (χ0) is 22.3. The maximum Gasteiger partial charge on any atom is 0.410 e. The number of anilines is 2. The van der Waals surface area contributed by atoms with E-state index >= 15 is 0 Å². The quantitative estimate of drug-likeness (QED) is 0.444. The molecule has 0 aliphatic carbocycles. The largest absolute Gasteiger partial charge is 0.410 e. The second-order valence-corrected chi connectivity index (χ2v) is 7.81. The van der Waals surface area contributed by atoms with Crippen molar-refractivity contribution in [3.05, 3.63) is 75.9 Å². The number of halogens is 6. The van der Waals surface area contributed by atoms with Gasteiger partial charge in [0.05, 0.1) is 11.7 Å². The second-order valence-electron chi connectivity index (χ2n) is 6.96. The third-order valence-corrected chi connectivity index (χ3v) is 5.50. The first-order chi connectivity index (χ1) is 14.6. The number of carbonyl (C=O) groups is 1. The Bertz CT molecular complexity index is 1110. The number of benzene rings is 2. The molecule has 2 heterocycles. The molecular weight excluding hydrogens is 487 g/mol. The van der Waals surface area contributed by atoms with Gasteiger partial charge in [0, 0.05) is 23.0 Å². The van der Waals surface area contributed by atoms with Crippen LogP contribution in [0, 0.1) is 11.6 Å². The lowest BCUT2D eigenvalue weighted by molar-refractivity contribution is -0.173. The third-order valence-electron chi connectivity index (χ3n) is 4.87. The van der Waals surface area contributed by atoms with Crippen molar-refractivity contribution >= 4 is 33.3 Å². The average Bonchev–Trinajstić information content (AvgIpc) is 3.14. The maximum absolute atomic E-state index is 14.0. The van der Waals surface area contributed by atoms with Gasteiger partial charge < -0.3 is 10.6 Å². The predicted octanol–water partition coefficient (Wildman–Crippen LogP) is 5.84. The smallest absolute Gasteiger partial charge is 0.363 e. The van der Waals surface area contributed by atoms with Gasteiger partial charge in [0.2, 0.25) is 0 Å². The highest BCUT2D eigenvalue weighted by Crippen LogP contribution is 2.43. The summed E-state index contributed by atoms with van der Waals surface area (Å²) in [5, 5.41) is 9.00. The zero-order valence-corrected chi connectivity index (χ0v) is 17.1. The van der Waals surface area contributed by atoms with Crippen LogP contribution in [0.25, 0.3) is 0 Å². The molecule has 31 heavy (non-hydrogen) atoms. The first-order valence-electron chi connectivity index (χ1n) is 9.07. The zero-order valence-electron chi connectivity index (χ0n) is 15.6. The number of nitrogens with zero attached hydrogens (tertiary/aromatic N) is 2. The van der Waals surface area contributed by atoms with Gasteiger partial charge in [-0.25, -0.2) is 13.5 Å². The van der Waals surface area contributed by atoms with Crippen LogP contribution in [0.4, 0.5) is 33.5 Å². The molecule has 0 unspecified atom stereocenters. The van der Waals surface area contributed by atoms with Gasteiger partial charge in [0.1, 0.15) is 11.6 Å². The molecule has 0 saturated carbocycles. The van der Waals surface area contributed by atoms with Crippen LogP contribution in [0.5, 0.6) is 0 Å². The number of alkyl halides is 3. The van der Waals surface area contributed by atoms with Crippen LogP contribution in [0.15, 0.2) is 53.0 Å². The molecule has 11 heteroatoms. The van der Waals surface area contributed by atoms with Gasteiger partial charge >= 0.3 is 6.18 Å². The minimum Gasteiger partial charge on any atom is -0.363 e. The van der Waals surface area contributed by atoms with Crippen LogP contribution in [0.3, 0.4) is 0 Å². The molecule has 4 rings (SSSR count). The Kier molecular flexibility index (Phi) is 5.46. The van der Waals surface area contributed by atoms with E-state index in [4.69, 9.17) is 0 Å².